The van der Waals surface area contributed by atoms with Gasteiger partial charge >= 0.3 is 0 Å². The Bertz CT molecular complexity index is 1050. The van der Waals surface area contributed by atoms with Crippen LogP contribution in [0.2, 0.25) is 0 Å². The van der Waals surface area contributed by atoms with E-state index >= 15 is 0 Å². The number of aliphatic hydroxyl groups is 1. The van der Waals surface area contributed by atoms with Gasteiger partial charge in [0.05, 0.1) is 12.0 Å². The van der Waals surface area contributed by atoms with Gasteiger partial charge in [-0.05, 0) is 58.6 Å². The van der Waals surface area contributed by atoms with Crippen molar-refractivity contribution in [2.75, 3.05) is 0 Å². The Balaban J connectivity index is 1.81. The summed E-state index contributed by atoms with van der Waals surface area (Å²) in [7, 11) is 0. The van der Waals surface area contributed by atoms with Gasteiger partial charge in [-0.25, -0.2) is 0 Å². The van der Waals surface area contributed by atoms with E-state index in [1.54, 1.807) is 13.8 Å². The van der Waals surface area contributed by atoms with Crippen molar-refractivity contribution in [2.24, 2.45) is 0 Å². The molecular weight excluding hydrogens is 412 g/mol. The van der Waals surface area contributed by atoms with E-state index in [0.717, 1.165) is 24.5 Å². The molecule has 0 aromatic heterocycles. The predicted molar refractivity (Wildman–Crippen MR) is 119 cm³/mol. The number of rotatable bonds is 7. The van der Waals surface area contributed by atoms with Crippen LogP contribution in [0.4, 0.5) is 0 Å². The molecule has 0 fully saturated rings. The van der Waals surface area contributed by atoms with E-state index in [1.165, 1.54) is 18.2 Å². The first kappa shape index (κ1) is 23.5. The van der Waals surface area contributed by atoms with Gasteiger partial charge in [0, 0.05) is 23.3 Å². The molecular formula is C25H30O7. The molecule has 0 amide bonds. The van der Waals surface area contributed by atoms with Crippen LogP contribution in [0.3, 0.4) is 0 Å². The monoisotopic (exact) mass is 442 g/mol. The average Bonchev–Trinajstić information content (AvgIpc) is 2.65. The fourth-order valence-corrected chi connectivity index (χ4v) is 3.88. The minimum absolute atomic E-state index is 0.00200. The number of phenols is 4. The van der Waals surface area contributed by atoms with Crippen molar-refractivity contribution in [3.8, 4) is 28.7 Å². The van der Waals surface area contributed by atoms with Gasteiger partial charge in [0.15, 0.2) is 5.78 Å². The van der Waals surface area contributed by atoms with E-state index in [2.05, 4.69) is 0 Å². The maximum absolute atomic E-state index is 12.6. The van der Waals surface area contributed by atoms with Gasteiger partial charge in [0.25, 0.3) is 0 Å². The number of ketones is 1. The van der Waals surface area contributed by atoms with Gasteiger partial charge in [-0.1, -0.05) is 11.6 Å². The van der Waals surface area contributed by atoms with Crippen LogP contribution in [0, 0.1) is 0 Å². The molecule has 0 radical (unpaired) electrons. The molecule has 2 aromatic carbocycles. The highest BCUT2D eigenvalue weighted by Crippen LogP contribution is 2.44. The lowest BCUT2D eigenvalue weighted by atomic mass is 9.92. The van der Waals surface area contributed by atoms with Gasteiger partial charge < -0.3 is 30.3 Å². The third-order valence-corrected chi connectivity index (χ3v) is 5.64. The number of Topliss-reactive ketones (excluding diaryl/α,β-unsaturated/α-hetero) is 1. The lowest BCUT2D eigenvalue weighted by molar-refractivity contribution is 0.0689. The molecule has 32 heavy (non-hydrogen) atoms. The Morgan fingerprint density at radius 2 is 1.88 bits per heavy atom. The van der Waals surface area contributed by atoms with Crippen LogP contribution in [0.5, 0.6) is 28.7 Å². The van der Waals surface area contributed by atoms with Crippen LogP contribution in [-0.4, -0.2) is 36.9 Å². The molecule has 5 N–H and O–H groups in total. The highest BCUT2D eigenvalue weighted by molar-refractivity contribution is 6.02. The zero-order valence-electron chi connectivity index (χ0n) is 18.6. The van der Waals surface area contributed by atoms with Gasteiger partial charge in [0.2, 0.25) is 0 Å². The summed E-state index contributed by atoms with van der Waals surface area (Å²) in [5, 5.41) is 50.7. The number of phenolic OH excluding ortho intramolecular Hbond substituents is 4. The Kier molecular flexibility index (Phi) is 6.69. The quantitative estimate of drug-likeness (QED) is 0.395. The third-order valence-electron chi connectivity index (χ3n) is 5.64. The number of carbonyl (C=O) groups excluding carboxylic acids is 1. The van der Waals surface area contributed by atoms with Crippen LogP contribution in [-0.2, 0) is 6.42 Å². The first-order valence-electron chi connectivity index (χ1n) is 10.6. The molecule has 172 valence electrons. The van der Waals surface area contributed by atoms with E-state index in [4.69, 9.17) is 4.74 Å². The normalized spacial score (nSPS) is 16.6. The Morgan fingerprint density at radius 1 is 1.16 bits per heavy atom. The first-order valence-corrected chi connectivity index (χ1v) is 10.6. The van der Waals surface area contributed by atoms with E-state index in [1.807, 2.05) is 13.0 Å². The molecule has 1 heterocycles. The van der Waals surface area contributed by atoms with Crippen LogP contribution in [0.25, 0.3) is 0 Å². The smallest absolute Gasteiger partial charge is 0.174 e. The van der Waals surface area contributed by atoms with Crippen molar-refractivity contribution in [3.05, 3.63) is 52.6 Å². The Morgan fingerprint density at radius 3 is 2.56 bits per heavy atom. The number of fused-ring (bicyclic) bond motifs is 1. The topological polar surface area (TPSA) is 127 Å². The second-order valence-electron chi connectivity index (χ2n) is 8.99. The SMILES string of the molecule is C/C(=C\Cc1c(O)ccc(C2CC(=O)c3c(O)cc(O)cc3O2)c1O)CCCC(C)(C)O. The third kappa shape index (κ3) is 5.34. The van der Waals surface area contributed by atoms with E-state index in [-0.39, 0.29) is 46.5 Å². The van der Waals surface area contributed by atoms with Crippen molar-refractivity contribution in [3.63, 3.8) is 0 Å². The maximum atomic E-state index is 12.6. The number of carbonyl (C=O) groups is 1. The van der Waals surface area contributed by atoms with Crippen molar-refractivity contribution in [1.82, 2.24) is 0 Å². The van der Waals surface area contributed by atoms with Crippen LogP contribution in [0.15, 0.2) is 35.9 Å². The molecule has 3 rings (SSSR count). The van der Waals surface area contributed by atoms with Crippen molar-refractivity contribution in [2.45, 2.75) is 64.6 Å². The molecule has 0 saturated carbocycles. The summed E-state index contributed by atoms with van der Waals surface area (Å²) in [5.41, 5.74) is 1.02. The fraction of sp³-hybridized carbons (Fsp3) is 0.400. The number of aromatic hydroxyl groups is 4. The standard InChI is InChI=1S/C25H30O7/c1-14(5-4-10-25(2,3)31)6-7-16-18(27)9-8-17(24(16)30)21-13-20(29)23-19(28)11-15(26)12-22(23)32-21/h6,8-9,11-12,21,26-28,30-31H,4-5,7,10,13H2,1-3H3/b14-6+. The fourth-order valence-electron chi connectivity index (χ4n) is 3.88. The van der Waals surface area contributed by atoms with E-state index < -0.39 is 11.7 Å². The average molecular weight is 443 g/mol. The lowest BCUT2D eigenvalue weighted by Crippen LogP contribution is -2.20. The molecule has 1 unspecified atom stereocenters. The largest absolute Gasteiger partial charge is 0.508 e. The summed E-state index contributed by atoms with van der Waals surface area (Å²) < 4.78 is 5.81. The van der Waals surface area contributed by atoms with Crippen molar-refractivity contribution < 1.29 is 35.1 Å². The number of benzene rings is 2. The van der Waals surface area contributed by atoms with E-state index in [9.17, 15) is 30.3 Å². The summed E-state index contributed by atoms with van der Waals surface area (Å²) in [5.74, 6) is -1.15. The molecule has 7 nitrogen and oxygen atoms in total. The van der Waals surface area contributed by atoms with Crippen LogP contribution < -0.4 is 4.74 Å². The summed E-state index contributed by atoms with van der Waals surface area (Å²) in [4.78, 5) is 12.6. The molecule has 0 bridgehead atoms. The van der Waals surface area contributed by atoms with Gasteiger partial charge in [0.1, 0.15) is 40.4 Å². The number of hydrogen-bond donors (Lipinski definition) is 5. The zero-order chi connectivity index (χ0) is 23.6. The number of ether oxygens (including phenoxy) is 1. The number of allylic oxidation sites excluding steroid dienone is 2. The lowest BCUT2D eigenvalue weighted by Gasteiger charge is -2.27. The van der Waals surface area contributed by atoms with Crippen LogP contribution >= 0.6 is 0 Å². The van der Waals surface area contributed by atoms with Gasteiger partial charge in [-0.15, -0.1) is 0 Å². The van der Waals surface area contributed by atoms with Crippen molar-refractivity contribution >= 4 is 5.78 Å². The second kappa shape index (κ2) is 9.12. The molecule has 2 aromatic rings. The van der Waals surface area contributed by atoms with Gasteiger partial charge in [-0.2, -0.15) is 0 Å². The molecule has 0 saturated heterocycles. The van der Waals surface area contributed by atoms with E-state index in [0.29, 0.717) is 24.0 Å². The number of hydrogen-bond acceptors (Lipinski definition) is 7. The minimum atomic E-state index is -0.826. The summed E-state index contributed by atoms with van der Waals surface area (Å²) in [6.07, 6.45) is 3.56. The van der Waals surface area contributed by atoms with Crippen molar-refractivity contribution in [1.29, 1.82) is 0 Å². The second-order valence-corrected chi connectivity index (χ2v) is 8.99. The zero-order valence-corrected chi connectivity index (χ0v) is 18.6. The highest BCUT2D eigenvalue weighted by atomic mass is 16.5. The molecule has 0 spiro atoms. The van der Waals surface area contributed by atoms with Gasteiger partial charge in [-0.3, -0.25) is 4.79 Å². The Hall–Kier alpha value is -3.19. The molecule has 1 atom stereocenters. The predicted octanol–water partition coefficient (Wildman–Crippen LogP) is 4.65. The summed E-state index contributed by atoms with van der Waals surface area (Å²) >= 11 is 0. The maximum Gasteiger partial charge on any atom is 0.174 e. The molecule has 1 aliphatic heterocycles. The Labute approximate surface area is 187 Å². The molecule has 7 heteroatoms. The molecule has 1 aliphatic rings. The molecule has 0 aliphatic carbocycles. The summed E-state index contributed by atoms with van der Waals surface area (Å²) in [6, 6.07) is 5.27. The minimum Gasteiger partial charge on any atom is -0.508 e. The first-order chi connectivity index (χ1) is 15.0. The summed E-state index contributed by atoms with van der Waals surface area (Å²) in [6.45, 7) is 5.50. The highest BCUT2D eigenvalue weighted by Gasteiger charge is 2.33. The van der Waals surface area contributed by atoms with Crippen LogP contribution in [0.1, 0.15) is 74.0 Å².